The van der Waals surface area contributed by atoms with Crippen LogP contribution in [-0.2, 0) is 17.0 Å². The molecule has 1 saturated carbocycles. The van der Waals surface area contributed by atoms with Crippen molar-refractivity contribution in [2.24, 2.45) is 17.8 Å². The van der Waals surface area contributed by atoms with E-state index < -0.39 is 25.3 Å². The number of fused-ring (bicyclic) bond motifs is 1. The van der Waals surface area contributed by atoms with Gasteiger partial charge in [0.25, 0.3) is 0 Å². The van der Waals surface area contributed by atoms with E-state index in [-0.39, 0.29) is 7.43 Å². The minimum atomic E-state index is -1.48. The molecule has 1 saturated heterocycles. The van der Waals surface area contributed by atoms with Crippen LogP contribution >= 0.6 is 18.6 Å². The van der Waals surface area contributed by atoms with Crippen LogP contribution in [0.2, 0.25) is 18.6 Å². The van der Waals surface area contributed by atoms with Gasteiger partial charge in [-0.25, -0.2) is 0 Å². The van der Waals surface area contributed by atoms with Crippen LogP contribution in [0.1, 0.15) is 13.3 Å². The van der Waals surface area contributed by atoms with E-state index in [0.29, 0.717) is 6.67 Å². The SMILES string of the molecule is CC1CC2C=CC=CC2C1[Si](C)(C)N1C[N-]C[N-]C1.[CH3-].[Cl][Ti+4][Cl]. The number of hydrogen-bond acceptors (Lipinski definition) is 1. The standard InChI is InChI=1S/C15H25N3Si.CH3.2ClH.Ti/c1-12-8-13-6-4-5-7-14(13)15(12)19(2,3)18-10-16-9-17-11-18;;;;/h4-7,12-15H,8-11H2,1-3H3;1H3;2*1H;/q-2;-1;;;+6/p-2. The van der Waals surface area contributed by atoms with E-state index in [0.717, 1.165) is 36.6 Å². The first-order valence-electron chi connectivity index (χ1n) is 7.85. The van der Waals surface area contributed by atoms with Crippen LogP contribution in [0.15, 0.2) is 24.3 Å². The van der Waals surface area contributed by atoms with Crippen molar-refractivity contribution in [2.45, 2.75) is 32.0 Å². The molecule has 2 fully saturated rings. The van der Waals surface area contributed by atoms with Gasteiger partial charge in [0, 0.05) is 0 Å². The van der Waals surface area contributed by atoms with Crippen molar-refractivity contribution in [3.63, 3.8) is 0 Å². The normalized spacial score (nSPS) is 33.6. The summed E-state index contributed by atoms with van der Waals surface area (Å²) in [5.41, 5.74) is 0.835. The first kappa shape index (κ1) is 21.9. The zero-order chi connectivity index (χ0) is 16.2. The van der Waals surface area contributed by atoms with Gasteiger partial charge in [-0.1, -0.05) is 44.3 Å². The predicted octanol–water partition coefficient (Wildman–Crippen LogP) is 5.72. The van der Waals surface area contributed by atoms with Crippen molar-refractivity contribution in [3.8, 4) is 0 Å². The molecule has 0 amide bonds. The van der Waals surface area contributed by atoms with Gasteiger partial charge in [0.05, 0.1) is 0 Å². The fraction of sp³-hybridized carbons (Fsp3) is 0.688. The van der Waals surface area contributed by atoms with Gasteiger partial charge in [0.15, 0.2) is 0 Å². The Bertz CT molecular complexity index is 414. The van der Waals surface area contributed by atoms with Crippen LogP contribution in [-0.4, -0.2) is 32.8 Å². The summed E-state index contributed by atoms with van der Waals surface area (Å²) < 4.78 is 2.59. The van der Waals surface area contributed by atoms with Crippen LogP contribution in [0, 0.1) is 25.2 Å². The molecule has 0 N–H and O–H groups in total. The Morgan fingerprint density at radius 3 is 2.30 bits per heavy atom. The second-order valence-electron chi connectivity index (χ2n) is 6.89. The molecule has 4 unspecified atom stereocenters. The number of nitrogens with zero attached hydrogens (tertiary/aromatic N) is 3. The summed E-state index contributed by atoms with van der Waals surface area (Å²) in [6, 6.07) is 0. The molecule has 3 rings (SSSR count). The fourth-order valence-corrected chi connectivity index (χ4v) is 8.62. The Hall–Kier alpha value is 0.871. The summed E-state index contributed by atoms with van der Waals surface area (Å²) in [6.07, 6.45) is 10.7. The van der Waals surface area contributed by atoms with Crippen LogP contribution in [0.25, 0.3) is 10.6 Å². The first-order valence-corrected chi connectivity index (χ1v) is 15.2. The molecule has 0 aromatic carbocycles. The molecule has 0 aromatic heterocycles. The zero-order valence-corrected chi connectivity index (χ0v) is 18.6. The van der Waals surface area contributed by atoms with Crippen molar-refractivity contribution in [1.29, 1.82) is 0 Å². The summed E-state index contributed by atoms with van der Waals surface area (Å²) in [5.74, 6) is 2.35. The third kappa shape index (κ3) is 5.18. The van der Waals surface area contributed by atoms with Gasteiger partial charge in [-0.05, 0) is 29.7 Å². The molecule has 23 heavy (non-hydrogen) atoms. The van der Waals surface area contributed by atoms with Crippen LogP contribution in [0.3, 0.4) is 0 Å². The quantitative estimate of drug-likeness (QED) is 0.424. The number of allylic oxidation sites excluding steroid dienone is 4. The first-order chi connectivity index (χ1) is 10.5. The van der Waals surface area contributed by atoms with Gasteiger partial charge in [0.1, 0.15) is 8.24 Å². The van der Waals surface area contributed by atoms with Crippen LogP contribution < -0.4 is 0 Å². The summed E-state index contributed by atoms with van der Waals surface area (Å²) in [4.78, 5) is 0. The molecule has 3 nitrogen and oxygen atoms in total. The van der Waals surface area contributed by atoms with Gasteiger partial charge in [-0.2, -0.15) is 0 Å². The van der Waals surface area contributed by atoms with E-state index in [1.165, 1.54) is 6.42 Å². The molecular weight excluding hydrogens is 381 g/mol. The molecule has 0 radical (unpaired) electrons. The second kappa shape index (κ2) is 10.1. The maximum atomic E-state index is 4.89. The van der Waals surface area contributed by atoms with Crippen molar-refractivity contribution in [2.75, 3.05) is 20.0 Å². The number of rotatable bonds is 2. The minimum absolute atomic E-state index is 0. The predicted molar refractivity (Wildman–Crippen MR) is 102 cm³/mol. The van der Waals surface area contributed by atoms with Crippen LogP contribution in [0.5, 0.6) is 0 Å². The summed E-state index contributed by atoms with van der Waals surface area (Å²) in [6.45, 7) is 10.0. The van der Waals surface area contributed by atoms with Crippen LogP contribution in [0.4, 0.5) is 0 Å². The second-order valence-corrected chi connectivity index (χ2v) is 14.1. The molecular formula is C16H28Cl2N3SiTi+. The van der Waals surface area contributed by atoms with Gasteiger partial charge >= 0.3 is 35.6 Å². The van der Waals surface area contributed by atoms with E-state index in [2.05, 4.69) is 59.5 Å². The monoisotopic (exact) mass is 408 g/mol. The zero-order valence-electron chi connectivity index (χ0n) is 14.5. The average molecular weight is 409 g/mol. The van der Waals surface area contributed by atoms with Crippen molar-refractivity contribution < 1.29 is 17.0 Å². The Balaban J connectivity index is 0.000000615. The molecule has 128 valence electrons. The van der Waals surface area contributed by atoms with Gasteiger partial charge < -0.3 is 22.6 Å². The molecule has 3 aliphatic rings. The van der Waals surface area contributed by atoms with E-state index in [1.54, 1.807) is 0 Å². The topological polar surface area (TPSA) is 31.4 Å². The molecule has 0 aromatic rings. The van der Waals surface area contributed by atoms with E-state index >= 15 is 0 Å². The Morgan fingerprint density at radius 2 is 1.70 bits per heavy atom. The Labute approximate surface area is 160 Å². The van der Waals surface area contributed by atoms with E-state index in [4.69, 9.17) is 18.6 Å². The molecule has 7 heteroatoms. The number of hydrogen-bond donors (Lipinski definition) is 0. The molecule has 1 aliphatic heterocycles. The third-order valence-electron chi connectivity index (χ3n) is 5.34. The summed E-state index contributed by atoms with van der Waals surface area (Å²) >= 11 is -0.556. The average Bonchev–Trinajstić information content (AvgIpc) is 2.85. The van der Waals surface area contributed by atoms with E-state index in [1.807, 2.05) is 0 Å². The molecule has 4 atom stereocenters. The fourth-order valence-electron chi connectivity index (χ4n) is 4.44. The molecule has 0 bridgehead atoms. The van der Waals surface area contributed by atoms with Gasteiger partial charge in [-0.3, -0.25) is 6.67 Å². The Morgan fingerprint density at radius 1 is 1.13 bits per heavy atom. The maximum absolute atomic E-state index is 4.89. The third-order valence-corrected chi connectivity index (χ3v) is 9.84. The summed E-state index contributed by atoms with van der Waals surface area (Å²) in [5, 5.41) is 8.97. The van der Waals surface area contributed by atoms with Crippen molar-refractivity contribution >= 4 is 26.8 Å². The summed E-state index contributed by atoms with van der Waals surface area (Å²) in [7, 11) is 8.30. The van der Waals surface area contributed by atoms with Gasteiger partial charge in [0.2, 0.25) is 0 Å². The van der Waals surface area contributed by atoms with Crippen molar-refractivity contribution in [3.05, 3.63) is 42.4 Å². The molecule has 1 heterocycles. The molecule has 2 aliphatic carbocycles. The van der Waals surface area contributed by atoms with E-state index in [9.17, 15) is 0 Å². The van der Waals surface area contributed by atoms with Crippen molar-refractivity contribution in [1.82, 2.24) is 4.57 Å². The molecule has 0 spiro atoms. The number of halogens is 2. The van der Waals surface area contributed by atoms with Gasteiger partial charge in [-0.15, -0.1) is 13.3 Å². The Kier molecular flexibility index (Phi) is 9.65.